The average molecular weight is 752 g/mol. The molecule has 2 amide bonds. The second-order valence-corrected chi connectivity index (χ2v) is 14.8. The molecule has 1 aromatic carbocycles. The van der Waals surface area contributed by atoms with Crippen molar-refractivity contribution in [1.29, 1.82) is 0 Å². The van der Waals surface area contributed by atoms with Gasteiger partial charge in [0, 0.05) is 35.1 Å². The molecule has 17 nitrogen and oxygen atoms in total. The molecule has 0 spiro atoms. The number of phenols is 2. The number of carbonyl (C=O) groups is 4. The largest absolute Gasteiger partial charge is 0.504 e. The molecule has 3 aliphatic rings. The van der Waals surface area contributed by atoms with Gasteiger partial charge in [-0.2, -0.15) is 0 Å². The maximum atomic E-state index is 13.5. The minimum Gasteiger partial charge on any atom is -0.504 e. The van der Waals surface area contributed by atoms with E-state index in [1.807, 2.05) is 0 Å². The van der Waals surface area contributed by atoms with Crippen molar-refractivity contribution in [2.75, 3.05) is 44.2 Å². The molecule has 50 heavy (non-hydrogen) atoms. The van der Waals surface area contributed by atoms with E-state index in [2.05, 4.69) is 20.4 Å². The molecule has 5 rings (SSSR count). The first kappa shape index (κ1) is 36.7. The molecular formula is C30H36ClN8O9S2+. The molecule has 0 unspecified atom stereocenters. The first-order valence-corrected chi connectivity index (χ1v) is 17.6. The van der Waals surface area contributed by atoms with Gasteiger partial charge in [-0.25, -0.2) is 14.6 Å². The number of anilines is 1. The van der Waals surface area contributed by atoms with E-state index in [1.165, 1.54) is 48.0 Å². The van der Waals surface area contributed by atoms with Crippen LogP contribution in [0.1, 0.15) is 37.9 Å². The summed E-state index contributed by atoms with van der Waals surface area (Å²) in [5.74, 6) is -4.64. The Labute approximate surface area is 298 Å². The van der Waals surface area contributed by atoms with Crippen LogP contribution in [-0.4, -0.2) is 126 Å². The molecule has 4 heterocycles. The van der Waals surface area contributed by atoms with E-state index in [-0.39, 0.29) is 51.0 Å². The average Bonchev–Trinajstić information content (AvgIpc) is 3.71. The lowest BCUT2D eigenvalue weighted by atomic mass is 10.0. The highest BCUT2D eigenvalue weighted by molar-refractivity contribution is 8.00. The number of aliphatic imine (C=N–C) groups is 1. The summed E-state index contributed by atoms with van der Waals surface area (Å²) in [6, 6.07) is 1.61. The summed E-state index contributed by atoms with van der Waals surface area (Å²) >= 11 is 8.46. The topological polar surface area (TPSA) is 263 Å². The van der Waals surface area contributed by atoms with Crippen LogP contribution in [0, 0.1) is 0 Å². The molecule has 0 radical (unpaired) electrons. The van der Waals surface area contributed by atoms with Gasteiger partial charge >= 0.3 is 11.9 Å². The van der Waals surface area contributed by atoms with Crippen molar-refractivity contribution in [3.8, 4) is 11.5 Å². The number of hydrogen-bond donors (Lipinski definition) is 7. The van der Waals surface area contributed by atoms with Crippen LogP contribution in [0.3, 0.4) is 0 Å². The van der Waals surface area contributed by atoms with Crippen molar-refractivity contribution in [1.82, 2.24) is 15.2 Å². The number of aliphatic carboxylic acids is 2. The summed E-state index contributed by atoms with van der Waals surface area (Å²) in [7, 11) is 0. The molecule has 9 N–H and O–H groups in total. The molecule has 20 heteroatoms. The summed E-state index contributed by atoms with van der Waals surface area (Å²) in [5, 5.41) is 46.4. The van der Waals surface area contributed by atoms with Crippen molar-refractivity contribution >= 4 is 75.1 Å². The lowest BCUT2D eigenvalue weighted by molar-refractivity contribution is -0.910. The number of amidine groups is 1. The number of likely N-dealkylation sites (tertiary alicyclic amines) is 1. The molecule has 2 aromatic rings. The number of thioether (sulfide) groups is 1. The summed E-state index contributed by atoms with van der Waals surface area (Å²) in [5.41, 5.74) is 10.4. The molecule has 268 valence electrons. The van der Waals surface area contributed by atoms with E-state index in [0.717, 1.165) is 37.3 Å². The highest BCUT2D eigenvalue weighted by Gasteiger charge is 2.55. The zero-order valence-corrected chi connectivity index (χ0v) is 29.3. The third-order valence-corrected chi connectivity index (χ3v) is 11.1. The first-order valence-electron chi connectivity index (χ1n) is 15.3. The molecule has 0 aliphatic carbocycles. The van der Waals surface area contributed by atoms with Crippen molar-refractivity contribution in [2.45, 2.75) is 43.7 Å². The number of carbonyl (C=O) groups excluding carboxylic acids is 2. The number of halogens is 1. The highest BCUT2D eigenvalue weighted by atomic mass is 35.5. The number of nitrogens with one attached hydrogen (secondary N) is 1. The summed E-state index contributed by atoms with van der Waals surface area (Å²) in [6.45, 7) is 5.15. The van der Waals surface area contributed by atoms with E-state index in [1.54, 1.807) is 0 Å². The lowest BCUT2D eigenvalue weighted by Gasteiger charge is -2.50. The molecular weight excluding hydrogens is 716 g/mol. The van der Waals surface area contributed by atoms with Crippen LogP contribution < -0.4 is 16.8 Å². The van der Waals surface area contributed by atoms with Crippen LogP contribution in [0.2, 0.25) is 5.02 Å². The fraction of sp³-hybridized carbons (Fsp3) is 0.433. The van der Waals surface area contributed by atoms with E-state index in [0.29, 0.717) is 23.1 Å². The van der Waals surface area contributed by atoms with Gasteiger partial charge in [-0.05, 0) is 26.0 Å². The lowest BCUT2D eigenvalue weighted by Crippen LogP contribution is -2.71. The number of benzene rings is 1. The number of quaternary nitrogens is 1. The number of rotatable bonds is 13. The predicted molar refractivity (Wildman–Crippen MR) is 185 cm³/mol. The van der Waals surface area contributed by atoms with Crippen LogP contribution in [0.4, 0.5) is 5.13 Å². The Morgan fingerprint density at radius 3 is 2.54 bits per heavy atom. The number of thiazole rings is 1. The normalized spacial score (nSPS) is 20.7. The fourth-order valence-electron chi connectivity index (χ4n) is 5.91. The van der Waals surface area contributed by atoms with Crippen LogP contribution in [0.15, 0.2) is 38.9 Å². The van der Waals surface area contributed by atoms with E-state index in [9.17, 15) is 39.6 Å². The number of β-lactam (4-membered cyclic amide) rings is 1. The SMILES string of the molecule is CC(C)(O/N=C(\C(=O)N[C@@H]1C(=O)N2C(C(=O)O)=C(C[N+]3(CCN=C(N)c4ccc(O)c(O)c4Cl)CCCC3)CS[C@H]12)c1csc(N)n1)C(=O)O. The minimum atomic E-state index is -1.79. The van der Waals surface area contributed by atoms with Gasteiger partial charge in [0.25, 0.3) is 11.8 Å². The molecule has 0 saturated carbocycles. The quantitative estimate of drug-likeness (QED) is 0.0379. The van der Waals surface area contributed by atoms with Crippen molar-refractivity contribution < 1.29 is 48.9 Å². The summed E-state index contributed by atoms with van der Waals surface area (Å²) in [6.07, 6.45) is 1.84. The molecule has 2 fully saturated rings. The fourth-order valence-corrected chi connectivity index (χ4v) is 8.05. The monoisotopic (exact) mass is 751 g/mol. The second-order valence-electron chi connectivity index (χ2n) is 12.5. The first-order chi connectivity index (χ1) is 23.5. The van der Waals surface area contributed by atoms with Gasteiger partial charge in [0.2, 0.25) is 5.60 Å². The van der Waals surface area contributed by atoms with Gasteiger partial charge in [0.05, 0.1) is 31.2 Å². The van der Waals surface area contributed by atoms with Crippen LogP contribution in [0.25, 0.3) is 0 Å². The third kappa shape index (κ3) is 7.30. The van der Waals surface area contributed by atoms with E-state index >= 15 is 0 Å². The Morgan fingerprint density at radius 2 is 1.92 bits per heavy atom. The minimum absolute atomic E-state index is 0.00885. The van der Waals surface area contributed by atoms with Crippen LogP contribution in [0.5, 0.6) is 11.5 Å². The molecule has 0 bridgehead atoms. The van der Waals surface area contributed by atoms with Crippen LogP contribution in [-0.2, 0) is 24.0 Å². The van der Waals surface area contributed by atoms with E-state index < -0.39 is 52.2 Å². The number of amides is 2. The number of oxime groups is 1. The second kappa shape index (κ2) is 14.3. The highest BCUT2D eigenvalue weighted by Crippen LogP contribution is 2.41. The smallest absolute Gasteiger partial charge is 0.352 e. The van der Waals surface area contributed by atoms with Gasteiger partial charge in [-0.3, -0.25) is 19.5 Å². The number of aromatic nitrogens is 1. The Hall–Kier alpha value is -4.59. The number of nitrogen functional groups attached to an aromatic ring is 1. The Kier molecular flexibility index (Phi) is 10.5. The number of aromatic hydroxyl groups is 2. The molecule has 1 aromatic heterocycles. The molecule has 2 saturated heterocycles. The summed E-state index contributed by atoms with van der Waals surface area (Å²) in [4.78, 5) is 65.8. The number of nitrogens with two attached hydrogens (primary N) is 2. The molecule has 2 atom stereocenters. The Bertz CT molecular complexity index is 1820. The van der Waals surface area contributed by atoms with Gasteiger partial charge in [-0.15, -0.1) is 23.1 Å². The predicted octanol–water partition coefficient (Wildman–Crippen LogP) is 1.13. The summed E-state index contributed by atoms with van der Waals surface area (Å²) < 4.78 is 0.522. The van der Waals surface area contributed by atoms with Crippen molar-refractivity contribution in [3.63, 3.8) is 0 Å². The molecule has 3 aliphatic heterocycles. The maximum absolute atomic E-state index is 13.5. The number of carboxylic acid groups (broad SMARTS) is 2. The third-order valence-electron chi connectivity index (χ3n) is 8.66. The van der Waals surface area contributed by atoms with Crippen molar-refractivity contribution in [2.24, 2.45) is 15.9 Å². The van der Waals surface area contributed by atoms with E-state index in [4.69, 9.17) is 27.9 Å². The number of carboxylic acids is 2. The van der Waals surface area contributed by atoms with Gasteiger partial charge in [0.15, 0.2) is 22.3 Å². The zero-order valence-electron chi connectivity index (χ0n) is 27.0. The van der Waals surface area contributed by atoms with Crippen LogP contribution >= 0.6 is 34.7 Å². The Balaban J connectivity index is 1.32. The Morgan fingerprint density at radius 1 is 1.22 bits per heavy atom. The maximum Gasteiger partial charge on any atom is 0.352 e. The number of nitrogens with zero attached hydrogens (tertiary/aromatic N) is 5. The van der Waals surface area contributed by atoms with Crippen molar-refractivity contribution in [3.05, 3.63) is 45.1 Å². The van der Waals surface area contributed by atoms with Gasteiger partial charge in [-0.1, -0.05) is 16.8 Å². The van der Waals surface area contributed by atoms with Gasteiger partial charge in [0.1, 0.15) is 35.2 Å². The number of fused-ring (bicyclic) bond motifs is 1. The number of phenolic OH excluding ortho intramolecular Hbond substituents is 2. The van der Waals surface area contributed by atoms with Gasteiger partial charge < -0.3 is 46.5 Å². The number of hydrogen-bond acceptors (Lipinski definition) is 13. The standard InChI is InChI=1S/C30H35ClN8O9S2/c1-30(2,28(46)47)48-37-19(16-13-50-29(33)35-16)24(42)36-20-25(43)38-21(27(44)45)14(12-49-26(20)38)11-39(8-3-4-9-39)10-7-34-23(32)15-5-6-17(40)22(41)18(15)31/h5-6,13,20,26H,3-4,7-12H2,1-2H3,(H8-,32,33,34,35,36,37,40,41,42,44,45,46,47)/p+1/t20-,26-/m1/s1. The zero-order chi connectivity index (χ0) is 36.5.